The van der Waals surface area contributed by atoms with Gasteiger partial charge in [-0.25, -0.2) is 9.78 Å². The molecule has 0 unspecified atom stereocenters. The molecule has 35 heavy (non-hydrogen) atoms. The summed E-state index contributed by atoms with van der Waals surface area (Å²) in [7, 11) is 2.80. The van der Waals surface area contributed by atoms with Crippen molar-refractivity contribution >= 4 is 17.8 Å². The first-order valence-corrected chi connectivity index (χ1v) is 11.2. The summed E-state index contributed by atoms with van der Waals surface area (Å²) in [5.41, 5.74) is 1.64. The molecule has 0 saturated heterocycles. The zero-order valence-electron chi connectivity index (χ0n) is 20.2. The molecular formula is C26H28N4O5. The first kappa shape index (κ1) is 24.0. The Hall–Kier alpha value is -4.14. The topological polar surface area (TPSA) is 103 Å². The van der Waals surface area contributed by atoms with Gasteiger partial charge < -0.3 is 24.3 Å². The van der Waals surface area contributed by atoms with E-state index in [2.05, 4.69) is 10.3 Å². The molecule has 0 radical (unpaired) electrons. The second-order valence-electron chi connectivity index (χ2n) is 8.75. The van der Waals surface area contributed by atoms with Gasteiger partial charge >= 0.3 is 5.97 Å². The van der Waals surface area contributed by atoms with E-state index in [9.17, 15) is 14.4 Å². The fraction of sp³-hybridized carbons (Fsp3) is 0.308. The van der Waals surface area contributed by atoms with Crippen LogP contribution in [-0.4, -0.2) is 52.0 Å². The van der Waals surface area contributed by atoms with Gasteiger partial charge in [-0.05, 0) is 37.1 Å². The van der Waals surface area contributed by atoms with Crippen molar-refractivity contribution in [3.8, 4) is 5.75 Å². The van der Waals surface area contributed by atoms with Crippen LogP contribution in [0.5, 0.6) is 5.75 Å². The van der Waals surface area contributed by atoms with Crippen LogP contribution in [0.2, 0.25) is 0 Å². The van der Waals surface area contributed by atoms with Gasteiger partial charge in [-0.1, -0.05) is 42.0 Å². The largest absolute Gasteiger partial charge is 0.497 e. The number of imidazole rings is 1. The van der Waals surface area contributed by atoms with Crippen LogP contribution >= 0.6 is 0 Å². The van der Waals surface area contributed by atoms with E-state index in [1.54, 1.807) is 24.7 Å². The molecule has 2 heterocycles. The smallest absolute Gasteiger partial charge is 0.359 e. The second kappa shape index (κ2) is 9.61. The summed E-state index contributed by atoms with van der Waals surface area (Å²) in [5, 5.41) is 2.98. The summed E-state index contributed by atoms with van der Waals surface area (Å²) >= 11 is 0. The zero-order chi connectivity index (χ0) is 25.2. The van der Waals surface area contributed by atoms with Crippen LogP contribution in [0.1, 0.15) is 44.6 Å². The summed E-state index contributed by atoms with van der Waals surface area (Å²) in [6, 6.07) is 15.2. The number of methoxy groups -OCH3 is 2. The summed E-state index contributed by atoms with van der Waals surface area (Å²) in [6.07, 6.45) is 1.40. The van der Waals surface area contributed by atoms with Crippen LogP contribution in [0.25, 0.3) is 0 Å². The monoisotopic (exact) mass is 476 g/mol. The van der Waals surface area contributed by atoms with Gasteiger partial charge in [-0.3, -0.25) is 9.59 Å². The van der Waals surface area contributed by atoms with Gasteiger partial charge in [-0.15, -0.1) is 0 Å². The van der Waals surface area contributed by atoms with Crippen molar-refractivity contribution in [2.45, 2.75) is 39.0 Å². The average molecular weight is 477 g/mol. The number of fused-ring (bicyclic) bond motifs is 1. The van der Waals surface area contributed by atoms with Crippen molar-refractivity contribution in [1.29, 1.82) is 0 Å². The summed E-state index contributed by atoms with van der Waals surface area (Å²) in [6.45, 7) is 4.30. The highest BCUT2D eigenvalue weighted by Gasteiger charge is 2.48. The van der Waals surface area contributed by atoms with E-state index in [4.69, 9.17) is 9.47 Å². The van der Waals surface area contributed by atoms with Gasteiger partial charge in [0.25, 0.3) is 5.91 Å². The maximum atomic E-state index is 13.8. The third kappa shape index (κ3) is 4.62. The maximum absolute atomic E-state index is 13.8. The van der Waals surface area contributed by atoms with Crippen molar-refractivity contribution in [3.63, 3.8) is 0 Å². The Morgan fingerprint density at radius 3 is 2.54 bits per heavy atom. The maximum Gasteiger partial charge on any atom is 0.359 e. The summed E-state index contributed by atoms with van der Waals surface area (Å²) < 4.78 is 11.7. The van der Waals surface area contributed by atoms with Gasteiger partial charge in [0.2, 0.25) is 5.91 Å². The fourth-order valence-electron chi connectivity index (χ4n) is 4.21. The van der Waals surface area contributed by atoms with Crippen LogP contribution in [0.3, 0.4) is 0 Å². The van der Waals surface area contributed by atoms with Crippen molar-refractivity contribution in [2.75, 3.05) is 14.2 Å². The molecule has 9 heteroatoms. The number of aromatic nitrogens is 2. The van der Waals surface area contributed by atoms with Crippen LogP contribution < -0.4 is 10.1 Å². The van der Waals surface area contributed by atoms with E-state index in [1.165, 1.54) is 18.3 Å². The quantitative estimate of drug-likeness (QED) is 0.526. The molecule has 1 aliphatic rings. The molecular weight excluding hydrogens is 448 g/mol. The van der Waals surface area contributed by atoms with Gasteiger partial charge in [0.05, 0.1) is 27.1 Å². The Morgan fingerprint density at radius 1 is 1.11 bits per heavy atom. The molecule has 1 atom stereocenters. The number of benzene rings is 2. The molecule has 1 N–H and O–H groups in total. The molecule has 0 aliphatic carbocycles. The standard InChI is InChI=1S/C26H28N4O5/c1-17-8-10-18(11-9-17)13-27-25(33)26(2)15-29-16-28-21(24(32)35-4)22(29)23(31)30(26)14-19-6-5-7-20(12-19)34-3/h5-12,16H,13-15H2,1-4H3,(H,27,33)/t26-/m1/s1. The summed E-state index contributed by atoms with van der Waals surface area (Å²) in [5.74, 6) is -0.864. The van der Waals surface area contributed by atoms with Crippen LogP contribution in [0.4, 0.5) is 0 Å². The van der Waals surface area contributed by atoms with E-state index in [-0.39, 0.29) is 30.4 Å². The number of rotatable bonds is 7. The molecule has 0 bridgehead atoms. The van der Waals surface area contributed by atoms with Gasteiger partial charge in [-0.2, -0.15) is 0 Å². The number of carbonyl (C=O) groups excluding carboxylic acids is 3. The molecule has 0 spiro atoms. The number of aryl methyl sites for hydroxylation is 1. The lowest BCUT2D eigenvalue weighted by Gasteiger charge is -2.43. The lowest BCUT2D eigenvalue weighted by Crippen LogP contribution is -2.63. The SMILES string of the molecule is COC(=O)c1ncn2c1C(=O)N(Cc1cccc(OC)c1)[C@@](C)(C(=O)NCc1ccc(C)cc1)C2. The van der Waals surface area contributed by atoms with Crippen LogP contribution in [0, 0.1) is 6.92 Å². The first-order chi connectivity index (χ1) is 16.8. The van der Waals surface area contributed by atoms with Gasteiger partial charge in [0, 0.05) is 13.1 Å². The Balaban J connectivity index is 1.69. The van der Waals surface area contributed by atoms with Crippen molar-refractivity contribution in [1.82, 2.24) is 19.8 Å². The van der Waals surface area contributed by atoms with Crippen LogP contribution in [-0.2, 0) is 29.2 Å². The number of nitrogens with one attached hydrogen (secondary N) is 1. The van der Waals surface area contributed by atoms with Crippen molar-refractivity contribution in [3.05, 3.63) is 82.9 Å². The van der Waals surface area contributed by atoms with E-state index in [0.717, 1.165) is 16.7 Å². The molecule has 1 aliphatic heterocycles. The van der Waals surface area contributed by atoms with Gasteiger partial charge in [0.1, 0.15) is 17.0 Å². The minimum absolute atomic E-state index is 0.0738. The Bertz CT molecular complexity index is 1270. The molecule has 9 nitrogen and oxygen atoms in total. The van der Waals surface area contributed by atoms with E-state index >= 15 is 0 Å². The first-order valence-electron chi connectivity index (χ1n) is 11.2. The highest BCUT2D eigenvalue weighted by atomic mass is 16.5. The third-order valence-electron chi connectivity index (χ3n) is 6.28. The lowest BCUT2D eigenvalue weighted by atomic mass is 9.93. The van der Waals surface area contributed by atoms with E-state index < -0.39 is 17.4 Å². The molecule has 2 aromatic carbocycles. The highest BCUT2D eigenvalue weighted by molar-refractivity contribution is 6.06. The molecule has 4 rings (SSSR count). The van der Waals surface area contributed by atoms with E-state index in [1.807, 2.05) is 49.4 Å². The molecule has 0 saturated carbocycles. The fourth-order valence-corrected chi connectivity index (χ4v) is 4.21. The molecule has 3 aromatic rings. The Labute approximate surface area is 203 Å². The normalized spacial score (nSPS) is 17.0. The predicted molar refractivity (Wildman–Crippen MR) is 128 cm³/mol. The molecule has 2 amide bonds. The molecule has 182 valence electrons. The second-order valence-corrected chi connectivity index (χ2v) is 8.75. The minimum Gasteiger partial charge on any atom is -0.497 e. The predicted octanol–water partition coefficient (Wildman–Crippen LogP) is 2.72. The summed E-state index contributed by atoms with van der Waals surface area (Å²) in [4.78, 5) is 45.2. The third-order valence-corrected chi connectivity index (χ3v) is 6.28. The van der Waals surface area contributed by atoms with Crippen molar-refractivity contribution in [2.24, 2.45) is 0 Å². The van der Waals surface area contributed by atoms with Crippen LogP contribution in [0.15, 0.2) is 54.9 Å². The molecule has 0 fully saturated rings. The number of hydrogen-bond acceptors (Lipinski definition) is 6. The minimum atomic E-state index is -1.24. The Kier molecular flexibility index (Phi) is 6.59. The number of nitrogens with zero attached hydrogens (tertiary/aromatic N) is 3. The Morgan fingerprint density at radius 2 is 1.86 bits per heavy atom. The van der Waals surface area contributed by atoms with Crippen molar-refractivity contribution < 1.29 is 23.9 Å². The van der Waals surface area contributed by atoms with Gasteiger partial charge in [0.15, 0.2) is 5.69 Å². The number of carbonyl (C=O) groups is 3. The lowest BCUT2D eigenvalue weighted by molar-refractivity contribution is -0.133. The number of ether oxygens (including phenoxy) is 2. The zero-order valence-corrected chi connectivity index (χ0v) is 20.2. The number of hydrogen-bond donors (Lipinski definition) is 1. The average Bonchev–Trinajstić information content (AvgIpc) is 3.29. The highest BCUT2D eigenvalue weighted by Crippen LogP contribution is 2.31. The number of esters is 1. The molecule has 1 aromatic heterocycles. The number of amides is 2. The van der Waals surface area contributed by atoms with E-state index in [0.29, 0.717) is 12.3 Å².